The minimum atomic E-state index is -0.405. The lowest BCUT2D eigenvalue weighted by Gasteiger charge is -1.92. The van der Waals surface area contributed by atoms with Gasteiger partial charge in [0.2, 0.25) is 0 Å². The number of nitrogens with one attached hydrogen (secondary N) is 1. The summed E-state index contributed by atoms with van der Waals surface area (Å²) < 4.78 is 0. The maximum Gasteiger partial charge on any atom is 0.346 e. The van der Waals surface area contributed by atoms with Crippen molar-refractivity contribution in [3.8, 4) is 0 Å². The molecule has 2 heterocycles. The van der Waals surface area contributed by atoms with Crippen LogP contribution >= 0.6 is 0 Å². The fourth-order valence-corrected chi connectivity index (χ4v) is 0.727. The van der Waals surface area contributed by atoms with Crippen molar-refractivity contribution in [3.05, 3.63) is 47.0 Å². The van der Waals surface area contributed by atoms with Gasteiger partial charge in [-0.15, -0.1) is 0 Å². The van der Waals surface area contributed by atoms with Gasteiger partial charge in [-0.2, -0.15) is 4.98 Å². The van der Waals surface area contributed by atoms with Crippen LogP contribution in [0.5, 0.6) is 0 Å². The number of nitrogen functional groups attached to an aromatic ring is 1. The van der Waals surface area contributed by atoms with Gasteiger partial charge in [0.1, 0.15) is 12.1 Å². The molecule has 0 amide bonds. The Balaban J connectivity index is 0.000000162. The summed E-state index contributed by atoms with van der Waals surface area (Å²) in [5, 5.41) is 0. The molecule has 0 aliphatic heterocycles. The molecule has 3 N–H and O–H groups in total. The van der Waals surface area contributed by atoms with E-state index in [0.29, 0.717) is 5.82 Å². The van der Waals surface area contributed by atoms with Gasteiger partial charge in [0.05, 0.1) is 0 Å². The number of nitrogens with two attached hydrogens (primary N) is 1. The molecule has 2 rings (SSSR count). The quantitative estimate of drug-likeness (QED) is 0.637. The third kappa shape index (κ3) is 3.99. The molecule has 0 radical (unpaired) electrons. The van der Waals surface area contributed by atoms with E-state index < -0.39 is 5.69 Å². The second-order valence-corrected chi connectivity index (χ2v) is 2.68. The number of nitrogens with zero attached hydrogens (tertiary/aromatic N) is 3. The summed E-state index contributed by atoms with van der Waals surface area (Å²) in [4.78, 5) is 23.6. The monoisotopic (exact) mass is 205 g/mol. The molecule has 0 spiro atoms. The molecule has 0 aliphatic rings. The van der Waals surface area contributed by atoms with Crippen molar-refractivity contribution in [2.75, 3.05) is 5.73 Å². The molecule has 0 aliphatic carbocycles. The maximum absolute atomic E-state index is 10.4. The maximum atomic E-state index is 10.4. The van der Waals surface area contributed by atoms with Crippen molar-refractivity contribution in [2.24, 2.45) is 0 Å². The van der Waals surface area contributed by atoms with Gasteiger partial charge in [-0.1, -0.05) is 0 Å². The molecule has 0 atom stereocenters. The smallest absolute Gasteiger partial charge is 0.346 e. The van der Waals surface area contributed by atoms with Crippen molar-refractivity contribution < 1.29 is 0 Å². The number of hydrogen-bond donors (Lipinski definition) is 2. The highest BCUT2D eigenvalue weighted by Gasteiger charge is 1.91. The lowest BCUT2D eigenvalue weighted by molar-refractivity contribution is 1.06. The lowest BCUT2D eigenvalue weighted by atomic mass is 10.4. The molecule has 0 aromatic carbocycles. The lowest BCUT2D eigenvalue weighted by Crippen LogP contribution is -2.12. The van der Waals surface area contributed by atoms with Crippen LogP contribution in [0.2, 0.25) is 0 Å². The first-order valence-corrected chi connectivity index (χ1v) is 4.22. The molecule has 0 saturated carbocycles. The number of rotatable bonds is 0. The van der Waals surface area contributed by atoms with Gasteiger partial charge in [-0.05, 0) is 13.0 Å². The van der Waals surface area contributed by atoms with Gasteiger partial charge in [0.25, 0.3) is 0 Å². The summed E-state index contributed by atoms with van der Waals surface area (Å²) >= 11 is 0. The zero-order valence-corrected chi connectivity index (χ0v) is 8.21. The molecule has 6 nitrogen and oxygen atoms in total. The van der Waals surface area contributed by atoms with Crippen LogP contribution in [0.25, 0.3) is 0 Å². The van der Waals surface area contributed by atoms with E-state index in [0.717, 1.165) is 5.56 Å². The van der Waals surface area contributed by atoms with E-state index in [2.05, 4.69) is 19.9 Å². The average molecular weight is 205 g/mol. The molecule has 15 heavy (non-hydrogen) atoms. The van der Waals surface area contributed by atoms with E-state index in [4.69, 9.17) is 5.73 Å². The molecule has 2 aromatic rings. The SMILES string of the molecule is Cc1c[nH]c(=O)nc1N.c1cncnc1. The largest absolute Gasteiger partial charge is 0.383 e. The zero-order valence-electron chi connectivity index (χ0n) is 8.21. The first-order valence-electron chi connectivity index (χ1n) is 4.22. The van der Waals surface area contributed by atoms with Crippen LogP contribution in [0.3, 0.4) is 0 Å². The molecule has 0 saturated heterocycles. The first kappa shape index (κ1) is 10.8. The van der Waals surface area contributed by atoms with Gasteiger partial charge >= 0.3 is 5.69 Å². The van der Waals surface area contributed by atoms with E-state index in [1.165, 1.54) is 12.5 Å². The predicted molar refractivity (Wildman–Crippen MR) is 56.0 cm³/mol. The van der Waals surface area contributed by atoms with Gasteiger partial charge in [-0.25, -0.2) is 14.8 Å². The van der Waals surface area contributed by atoms with Crippen molar-refractivity contribution in [1.82, 2.24) is 19.9 Å². The Bertz CT molecular complexity index is 427. The van der Waals surface area contributed by atoms with E-state index in [1.54, 1.807) is 25.4 Å². The standard InChI is InChI=1S/C5H7N3O.C4H4N2/c1-3-2-7-5(9)8-4(3)6;1-2-5-4-6-3-1/h2H,1H3,(H3,6,7,8,9);1-4H. The highest BCUT2D eigenvalue weighted by Crippen LogP contribution is 1.97. The van der Waals surface area contributed by atoms with Crippen LogP contribution < -0.4 is 11.4 Å². The topological polar surface area (TPSA) is 97.5 Å². The average Bonchev–Trinajstić information content (AvgIpc) is 2.27. The summed E-state index contributed by atoms with van der Waals surface area (Å²) in [5.41, 5.74) is 5.67. The summed E-state index contributed by atoms with van der Waals surface area (Å²) in [6.07, 6.45) is 6.41. The Kier molecular flexibility index (Phi) is 3.96. The van der Waals surface area contributed by atoms with Crippen LogP contribution in [0.15, 0.2) is 35.8 Å². The van der Waals surface area contributed by atoms with Gasteiger partial charge in [-0.3, -0.25) is 0 Å². The number of aromatic nitrogens is 4. The summed E-state index contributed by atoms with van der Waals surface area (Å²) in [6, 6.07) is 1.78. The van der Waals surface area contributed by atoms with Gasteiger partial charge < -0.3 is 10.7 Å². The molecule has 0 unspecified atom stereocenters. The van der Waals surface area contributed by atoms with Crippen LogP contribution in [0.4, 0.5) is 5.82 Å². The third-order valence-corrected chi connectivity index (χ3v) is 1.52. The van der Waals surface area contributed by atoms with E-state index in [9.17, 15) is 4.79 Å². The Morgan fingerprint density at radius 1 is 1.33 bits per heavy atom. The first-order chi connectivity index (χ1) is 7.20. The van der Waals surface area contributed by atoms with Crippen molar-refractivity contribution in [1.29, 1.82) is 0 Å². The summed E-state index contributed by atoms with van der Waals surface area (Å²) in [5.74, 6) is 0.291. The van der Waals surface area contributed by atoms with E-state index in [-0.39, 0.29) is 0 Å². The highest BCUT2D eigenvalue weighted by atomic mass is 16.1. The van der Waals surface area contributed by atoms with E-state index >= 15 is 0 Å². The number of aromatic amines is 1. The van der Waals surface area contributed by atoms with Crippen LogP contribution in [0, 0.1) is 6.92 Å². The summed E-state index contributed by atoms with van der Waals surface area (Å²) in [7, 11) is 0. The van der Waals surface area contributed by atoms with Crippen LogP contribution in [-0.2, 0) is 0 Å². The number of H-pyrrole nitrogens is 1. The van der Waals surface area contributed by atoms with Crippen molar-refractivity contribution in [3.63, 3.8) is 0 Å². The second kappa shape index (κ2) is 5.48. The Hall–Kier alpha value is -2.24. The number of aryl methyl sites for hydroxylation is 1. The van der Waals surface area contributed by atoms with Crippen molar-refractivity contribution >= 4 is 5.82 Å². The number of hydrogen-bond acceptors (Lipinski definition) is 5. The Morgan fingerprint density at radius 2 is 2.00 bits per heavy atom. The molecule has 6 heteroatoms. The van der Waals surface area contributed by atoms with Crippen molar-refractivity contribution in [2.45, 2.75) is 6.92 Å². The predicted octanol–water partition coefficient (Wildman–Crippen LogP) is 0.137. The van der Waals surface area contributed by atoms with Gasteiger partial charge in [0, 0.05) is 24.2 Å². The minimum Gasteiger partial charge on any atom is -0.383 e. The zero-order chi connectivity index (χ0) is 11.1. The molecular formula is C9H11N5O. The van der Waals surface area contributed by atoms with Gasteiger partial charge in [0.15, 0.2) is 0 Å². The number of anilines is 1. The Labute approximate surface area is 86.2 Å². The molecule has 0 fully saturated rings. The second-order valence-electron chi connectivity index (χ2n) is 2.68. The fraction of sp³-hybridized carbons (Fsp3) is 0.111. The minimum absolute atomic E-state index is 0.291. The molecule has 2 aromatic heterocycles. The highest BCUT2D eigenvalue weighted by molar-refractivity contribution is 5.34. The summed E-state index contributed by atoms with van der Waals surface area (Å²) in [6.45, 7) is 1.78. The van der Waals surface area contributed by atoms with Crippen LogP contribution in [0.1, 0.15) is 5.56 Å². The van der Waals surface area contributed by atoms with Crippen LogP contribution in [-0.4, -0.2) is 19.9 Å². The molecule has 0 bridgehead atoms. The Morgan fingerprint density at radius 3 is 2.33 bits per heavy atom. The third-order valence-electron chi connectivity index (χ3n) is 1.52. The normalized spacial score (nSPS) is 8.87. The molecule has 78 valence electrons. The molecular weight excluding hydrogens is 194 g/mol. The fourth-order valence-electron chi connectivity index (χ4n) is 0.727. The van der Waals surface area contributed by atoms with E-state index in [1.807, 2.05) is 0 Å².